The molecule has 3 saturated carbocycles. The molecule has 0 unspecified atom stereocenters. The molecule has 0 radical (unpaired) electrons. The first-order valence-electron chi connectivity index (χ1n) is 14.8. The maximum Gasteiger partial charge on any atom is 0.312 e. The van der Waals surface area contributed by atoms with Gasteiger partial charge in [0.25, 0.3) is 0 Å². The van der Waals surface area contributed by atoms with Crippen LogP contribution in [0.2, 0.25) is 0 Å². The Morgan fingerprint density at radius 1 is 1.08 bits per heavy atom. The summed E-state index contributed by atoms with van der Waals surface area (Å²) in [5, 5.41) is 9.88. The number of nitrogens with zero attached hydrogens (tertiary/aromatic N) is 1. The molecular formula is C32H43NO4. The predicted octanol–water partition coefficient (Wildman–Crippen LogP) is 6.38. The molecule has 37 heavy (non-hydrogen) atoms. The largest absolute Gasteiger partial charge is 0.469 e. The molecule has 5 aliphatic carbocycles. The third-order valence-electron chi connectivity index (χ3n) is 11.9. The quantitative estimate of drug-likeness (QED) is 0.385. The van der Waals surface area contributed by atoms with E-state index in [1.165, 1.54) is 7.11 Å². The van der Waals surface area contributed by atoms with Gasteiger partial charge in [-0.15, -0.1) is 0 Å². The lowest BCUT2D eigenvalue weighted by Gasteiger charge is -2.68. The van der Waals surface area contributed by atoms with Gasteiger partial charge in [0.15, 0.2) is 11.6 Å². The Hall–Kier alpha value is -2.22. The smallest absolute Gasteiger partial charge is 0.312 e. The molecule has 200 valence electrons. The molecule has 5 heteroatoms. The van der Waals surface area contributed by atoms with E-state index >= 15 is 0 Å². The minimum absolute atomic E-state index is 0.0395. The number of esters is 1. The topological polar surface area (TPSA) is 84.2 Å². The van der Waals surface area contributed by atoms with Crippen molar-refractivity contribution in [3.05, 3.63) is 23.3 Å². The predicted molar refractivity (Wildman–Crippen MR) is 141 cm³/mol. The molecule has 0 saturated heterocycles. The van der Waals surface area contributed by atoms with E-state index in [1.807, 2.05) is 33.8 Å². The third-order valence-corrected chi connectivity index (χ3v) is 11.9. The Balaban J connectivity index is 1.74. The van der Waals surface area contributed by atoms with Crippen molar-refractivity contribution in [2.45, 2.75) is 93.4 Å². The van der Waals surface area contributed by atoms with Crippen LogP contribution >= 0.6 is 0 Å². The molecule has 0 aliphatic heterocycles. The van der Waals surface area contributed by atoms with Gasteiger partial charge >= 0.3 is 5.97 Å². The lowest BCUT2D eigenvalue weighted by atomic mass is 9.34. The summed E-state index contributed by atoms with van der Waals surface area (Å²) in [5.74, 6) is -1.76. The van der Waals surface area contributed by atoms with Crippen molar-refractivity contribution >= 4 is 17.5 Å². The zero-order valence-corrected chi connectivity index (χ0v) is 23.7. The van der Waals surface area contributed by atoms with Crippen molar-refractivity contribution < 1.29 is 21.9 Å². The zero-order valence-electron chi connectivity index (χ0n) is 25.7. The lowest BCUT2D eigenvalue weighted by Crippen LogP contribution is -2.65. The Bertz CT molecular complexity index is 1290. The van der Waals surface area contributed by atoms with Gasteiger partial charge in [-0.05, 0) is 79.1 Å². The molecule has 0 N–H and O–H groups in total. The number of hydrogen-bond donors (Lipinski definition) is 0. The summed E-state index contributed by atoms with van der Waals surface area (Å²) in [6, 6.07) is 2.14. The second-order valence-electron chi connectivity index (χ2n) is 14.6. The fourth-order valence-electron chi connectivity index (χ4n) is 9.77. The standard InChI is InChI=1S/C32H43NO4/c1-27(2)11-13-32(26(36)37-8)14-12-31(7)24(20(32)17-27)21(34)15-23-29(5)16-19(18-33)25(35)28(3,4)22(29)9-10-30(23,31)6/h15-16,20,22,24H,9-14,17H2,1-8H3/t20-,22-,24-,29-,30+,31+,32-/m0/s1/i13D2. The first-order valence-corrected chi connectivity index (χ1v) is 13.8. The second kappa shape index (κ2) is 7.67. The SMILES string of the molecule is [2H]C1([2H])CC(C)(C)C[C@H]2[C@H]3C(=O)C=C4[C@@]5(C)C=C(C#N)C(=O)C(C)(C)[C@@H]5CC[C@@]4(C)[C@]3(C)CC[C@]21C(=O)OC. The van der Waals surface area contributed by atoms with E-state index in [9.17, 15) is 22.4 Å². The fourth-order valence-corrected chi connectivity index (χ4v) is 9.77. The number of hydrogen-bond acceptors (Lipinski definition) is 5. The summed E-state index contributed by atoms with van der Waals surface area (Å²) in [4.78, 5) is 41.2. The van der Waals surface area contributed by atoms with Crippen molar-refractivity contribution in [3.63, 3.8) is 0 Å². The summed E-state index contributed by atoms with van der Waals surface area (Å²) >= 11 is 0. The van der Waals surface area contributed by atoms with Crippen LogP contribution in [0.3, 0.4) is 0 Å². The van der Waals surface area contributed by atoms with Gasteiger partial charge < -0.3 is 4.74 Å². The minimum atomic E-state index is -1.80. The van der Waals surface area contributed by atoms with Crippen LogP contribution in [0.5, 0.6) is 0 Å². The maximum atomic E-state index is 14.5. The molecule has 3 fully saturated rings. The monoisotopic (exact) mass is 507 g/mol. The lowest BCUT2D eigenvalue weighted by molar-refractivity contribution is -0.191. The molecule has 5 rings (SSSR count). The zero-order chi connectivity index (χ0) is 29.2. The molecule has 0 aromatic carbocycles. The number of methoxy groups -OCH3 is 1. The molecule has 0 spiro atoms. The van der Waals surface area contributed by atoms with Gasteiger partial charge in [0.05, 0.1) is 18.1 Å². The van der Waals surface area contributed by atoms with Gasteiger partial charge in [-0.3, -0.25) is 14.4 Å². The van der Waals surface area contributed by atoms with E-state index < -0.39 is 51.3 Å². The highest BCUT2D eigenvalue weighted by molar-refractivity contribution is 6.04. The van der Waals surface area contributed by atoms with Gasteiger partial charge in [0, 0.05) is 19.5 Å². The first kappa shape index (κ1) is 23.9. The van der Waals surface area contributed by atoms with Gasteiger partial charge in [-0.25, -0.2) is 0 Å². The summed E-state index contributed by atoms with van der Waals surface area (Å²) < 4.78 is 23.7. The van der Waals surface area contributed by atoms with Crippen LogP contribution in [0.1, 0.15) is 96.1 Å². The molecule has 0 aromatic heterocycles. The summed E-state index contributed by atoms with van der Waals surface area (Å²) in [5.41, 5.74) is -2.87. The molecule has 7 atom stereocenters. The number of ketones is 2. The van der Waals surface area contributed by atoms with Gasteiger partial charge in [0.1, 0.15) is 6.07 Å². The number of allylic oxidation sites excluding steroid dienone is 4. The number of Topliss-reactive ketones (excluding diaryl/α,β-unsaturated/α-hetero) is 1. The van der Waals surface area contributed by atoms with Gasteiger partial charge in [-0.2, -0.15) is 5.26 Å². The molecule has 0 aromatic rings. The van der Waals surface area contributed by atoms with Crippen LogP contribution in [0.25, 0.3) is 0 Å². The second-order valence-corrected chi connectivity index (χ2v) is 14.6. The van der Waals surface area contributed by atoms with Gasteiger partial charge in [-0.1, -0.05) is 60.1 Å². The van der Waals surface area contributed by atoms with Crippen LogP contribution in [0.15, 0.2) is 23.3 Å². The highest BCUT2D eigenvalue weighted by Crippen LogP contribution is 2.74. The summed E-state index contributed by atoms with van der Waals surface area (Å²) in [6.45, 7) is 14.4. The molecule has 0 heterocycles. The Morgan fingerprint density at radius 2 is 1.76 bits per heavy atom. The average molecular weight is 508 g/mol. The van der Waals surface area contributed by atoms with Crippen molar-refractivity contribution in [2.24, 2.45) is 50.2 Å². The molecule has 5 nitrogen and oxygen atoms in total. The number of ether oxygens (including phenoxy) is 1. The Kier molecular flexibility index (Phi) is 4.95. The van der Waals surface area contributed by atoms with Crippen molar-refractivity contribution in [3.8, 4) is 6.07 Å². The van der Waals surface area contributed by atoms with Crippen molar-refractivity contribution in [2.75, 3.05) is 7.11 Å². The minimum Gasteiger partial charge on any atom is -0.469 e. The maximum absolute atomic E-state index is 14.5. The molecule has 0 amide bonds. The highest BCUT2D eigenvalue weighted by Gasteiger charge is 2.71. The van der Waals surface area contributed by atoms with Crippen molar-refractivity contribution in [1.29, 1.82) is 5.26 Å². The van der Waals surface area contributed by atoms with Gasteiger partial charge in [0.2, 0.25) is 0 Å². The molecule has 5 aliphatic rings. The van der Waals surface area contributed by atoms with E-state index in [-0.39, 0.29) is 34.9 Å². The Labute approximate surface area is 224 Å². The summed E-state index contributed by atoms with van der Waals surface area (Å²) in [7, 11) is 1.33. The van der Waals surface area contributed by atoms with E-state index in [1.54, 1.807) is 6.08 Å². The molecule has 0 bridgehead atoms. The number of carbonyl (C=O) groups excluding carboxylic acids is 3. The number of rotatable bonds is 1. The van der Waals surface area contributed by atoms with E-state index in [4.69, 9.17) is 4.74 Å². The number of nitriles is 1. The molecular weight excluding hydrogens is 462 g/mol. The average Bonchev–Trinajstić information content (AvgIpc) is 2.81. The van der Waals surface area contributed by atoms with Crippen LogP contribution in [0.4, 0.5) is 0 Å². The Morgan fingerprint density at radius 3 is 2.38 bits per heavy atom. The van der Waals surface area contributed by atoms with Crippen molar-refractivity contribution in [1.82, 2.24) is 0 Å². The van der Waals surface area contributed by atoms with Crippen LogP contribution in [-0.2, 0) is 19.1 Å². The normalized spacial score (nSPS) is 47.8. The van der Waals surface area contributed by atoms with Crippen LogP contribution in [-0.4, -0.2) is 24.6 Å². The summed E-state index contributed by atoms with van der Waals surface area (Å²) in [6.07, 6.45) is 5.06. The van der Waals surface area contributed by atoms with E-state index in [2.05, 4.69) is 26.8 Å². The number of fused-ring (bicyclic) bond motifs is 7. The first-order chi connectivity index (χ1) is 17.8. The van der Waals surface area contributed by atoms with Crippen LogP contribution in [0, 0.1) is 61.6 Å². The number of carbonyl (C=O) groups is 3. The third kappa shape index (κ3) is 3.11. The fraction of sp³-hybridized carbons (Fsp3) is 0.750. The highest BCUT2D eigenvalue weighted by atomic mass is 16.5. The van der Waals surface area contributed by atoms with E-state index in [0.717, 1.165) is 18.4 Å². The van der Waals surface area contributed by atoms with Crippen LogP contribution < -0.4 is 0 Å². The van der Waals surface area contributed by atoms with E-state index in [0.29, 0.717) is 19.3 Å².